The SMILES string of the molecule is CCC(C)(C)C(=O)OC1(CC)C2CC3CC(C2)CC1C3.CCC(C)(C)C(=O)OC12CC3CC(CC(O)(C3)C1)C2.CCC(C)C(=O)OC1(CC)C2CC3CC(C2)CC1C3.CCC(C)C(=O)OC12CC3CC(CC(O)(C3)C1)C2.CCC(C)C(=O)OC1C2CC3C(=O)OC1C3C2.CCC(C)C(=O)OC1C2CC3C(=O)OC1C3C2. The van der Waals surface area contributed by atoms with E-state index in [0.717, 1.165) is 152 Å². The van der Waals surface area contributed by atoms with Crippen molar-refractivity contribution in [3.05, 3.63) is 0 Å². The van der Waals surface area contributed by atoms with Crippen LogP contribution in [0.5, 0.6) is 0 Å². The van der Waals surface area contributed by atoms with Gasteiger partial charge in [0.25, 0.3) is 0 Å². The molecule has 110 heavy (non-hydrogen) atoms. The van der Waals surface area contributed by atoms with E-state index in [9.17, 15) is 48.6 Å². The summed E-state index contributed by atoms with van der Waals surface area (Å²) in [6.45, 7) is 32.2. The van der Waals surface area contributed by atoms with Gasteiger partial charge in [0.2, 0.25) is 0 Å². The van der Waals surface area contributed by atoms with E-state index in [2.05, 4.69) is 27.7 Å². The molecule has 18 nitrogen and oxygen atoms in total. The summed E-state index contributed by atoms with van der Waals surface area (Å²) < 4.78 is 46.1. The molecule has 18 unspecified atom stereocenters. The normalized spacial score (nSPS) is 44.5. The smallest absolute Gasteiger partial charge is 0.312 e. The minimum Gasteiger partial charge on any atom is -0.459 e. The molecule has 20 aliphatic carbocycles. The van der Waals surface area contributed by atoms with Gasteiger partial charge in [-0.25, -0.2) is 0 Å². The lowest BCUT2D eigenvalue weighted by molar-refractivity contribution is -0.225. The second-order valence-corrected chi connectivity index (χ2v) is 41.9. The lowest BCUT2D eigenvalue weighted by Gasteiger charge is -2.60. The zero-order chi connectivity index (χ0) is 79.3. The van der Waals surface area contributed by atoms with Crippen molar-refractivity contribution in [1.29, 1.82) is 0 Å². The summed E-state index contributed by atoms with van der Waals surface area (Å²) in [5.74, 6) is 9.42. The second-order valence-electron chi connectivity index (χ2n) is 41.9. The quantitative estimate of drug-likeness (QED) is 0.0849. The van der Waals surface area contributed by atoms with Crippen LogP contribution in [0.25, 0.3) is 0 Å². The molecule has 0 spiro atoms. The summed E-state index contributed by atoms with van der Waals surface area (Å²) in [6, 6.07) is 0. The maximum atomic E-state index is 12.6. The molecule has 620 valence electrons. The molecule has 0 amide bonds. The zero-order valence-corrected chi connectivity index (χ0v) is 70.5. The fraction of sp³-hybridized carbons (Fsp3) is 0.913. The highest BCUT2D eigenvalue weighted by atomic mass is 16.6. The van der Waals surface area contributed by atoms with Crippen LogP contribution in [0, 0.1) is 141 Å². The van der Waals surface area contributed by atoms with E-state index in [0.29, 0.717) is 83.9 Å². The Morgan fingerprint density at radius 3 is 1.01 bits per heavy atom. The fourth-order valence-electron chi connectivity index (χ4n) is 26.9. The maximum absolute atomic E-state index is 12.6. The summed E-state index contributed by atoms with van der Waals surface area (Å²) in [6.07, 6.45) is 34.7. The third kappa shape index (κ3) is 16.2. The molecule has 2 aliphatic heterocycles. The van der Waals surface area contributed by atoms with E-state index in [1.807, 2.05) is 83.1 Å². The Hall–Kier alpha value is -4.32. The summed E-state index contributed by atoms with van der Waals surface area (Å²) in [5.41, 5.74) is -2.77. The summed E-state index contributed by atoms with van der Waals surface area (Å²) in [5, 5.41) is 21.2. The predicted octanol–water partition coefficient (Wildman–Crippen LogP) is 17.5. The molecule has 22 fully saturated rings. The number of carbonyl (C=O) groups excluding carboxylic acids is 8. The molecule has 22 aliphatic rings. The van der Waals surface area contributed by atoms with Gasteiger partial charge in [-0.15, -0.1) is 0 Å². The molecule has 2 heterocycles. The van der Waals surface area contributed by atoms with Gasteiger partial charge in [-0.1, -0.05) is 83.1 Å². The van der Waals surface area contributed by atoms with E-state index in [1.165, 1.54) is 77.0 Å². The van der Waals surface area contributed by atoms with Crippen molar-refractivity contribution in [3.8, 4) is 0 Å². The van der Waals surface area contributed by atoms with Gasteiger partial charge in [0.05, 0.1) is 57.5 Å². The number of ether oxygens (including phenoxy) is 8. The van der Waals surface area contributed by atoms with Crippen molar-refractivity contribution in [3.63, 3.8) is 0 Å². The Morgan fingerprint density at radius 1 is 0.391 bits per heavy atom. The van der Waals surface area contributed by atoms with Crippen molar-refractivity contribution < 1.29 is 86.5 Å². The minimum absolute atomic E-state index is 0.0207. The Morgan fingerprint density at radius 2 is 0.691 bits per heavy atom. The average Bonchev–Trinajstić information content (AvgIpc) is 0.750. The molecule has 20 saturated carbocycles. The fourth-order valence-corrected chi connectivity index (χ4v) is 26.9. The van der Waals surface area contributed by atoms with Crippen LogP contribution in [-0.2, 0) is 76.3 Å². The van der Waals surface area contributed by atoms with Crippen LogP contribution in [-0.4, -0.2) is 116 Å². The van der Waals surface area contributed by atoms with E-state index in [4.69, 9.17) is 37.9 Å². The van der Waals surface area contributed by atoms with Gasteiger partial charge in [-0.3, -0.25) is 38.4 Å². The monoisotopic (exact) mass is 1540 g/mol. The van der Waals surface area contributed by atoms with Crippen LogP contribution in [0.1, 0.15) is 329 Å². The summed E-state index contributed by atoms with van der Waals surface area (Å²) in [7, 11) is 0. The van der Waals surface area contributed by atoms with Crippen LogP contribution in [0.2, 0.25) is 0 Å². The highest BCUT2D eigenvalue weighted by Gasteiger charge is 2.67. The molecular formula is C92H144O18. The number of carbonyl (C=O) groups is 8. The molecule has 20 bridgehead atoms. The van der Waals surface area contributed by atoms with E-state index >= 15 is 0 Å². The Labute approximate surface area is 659 Å². The largest absolute Gasteiger partial charge is 0.459 e. The molecule has 2 N–H and O–H groups in total. The first-order valence-electron chi connectivity index (χ1n) is 45.1. The molecule has 0 aromatic carbocycles. The Bertz CT molecular complexity index is 3210. The first kappa shape index (κ1) is 83.6. The Balaban J connectivity index is 0.000000116. The first-order chi connectivity index (χ1) is 51.9. The molecule has 22 rings (SSSR count). The van der Waals surface area contributed by atoms with Gasteiger partial charge in [0.1, 0.15) is 46.8 Å². The lowest BCUT2D eigenvalue weighted by Crippen LogP contribution is -2.61. The average molecular weight is 1540 g/mol. The number of rotatable bonds is 20. The molecule has 0 aromatic rings. The third-order valence-corrected chi connectivity index (χ3v) is 33.6. The summed E-state index contributed by atoms with van der Waals surface area (Å²) in [4.78, 5) is 96.1. The Kier molecular flexibility index (Phi) is 24.3. The van der Waals surface area contributed by atoms with Crippen molar-refractivity contribution in [2.24, 2.45) is 141 Å². The topological polar surface area (TPSA) is 251 Å². The minimum atomic E-state index is -0.555. The molecule has 18 atom stereocenters. The number of hydrogen-bond donors (Lipinski definition) is 2. The molecular weight excluding hydrogens is 1390 g/mol. The van der Waals surface area contributed by atoms with Gasteiger partial charge in [-0.2, -0.15) is 0 Å². The van der Waals surface area contributed by atoms with Crippen molar-refractivity contribution in [2.75, 3.05) is 0 Å². The van der Waals surface area contributed by atoms with E-state index in [1.54, 1.807) is 0 Å². The van der Waals surface area contributed by atoms with Gasteiger partial charge < -0.3 is 48.1 Å². The highest BCUT2D eigenvalue weighted by molar-refractivity contribution is 5.79. The maximum Gasteiger partial charge on any atom is 0.312 e. The summed E-state index contributed by atoms with van der Waals surface area (Å²) >= 11 is 0. The van der Waals surface area contributed by atoms with Gasteiger partial charge in [-0.05, 0) is 304 Å². The predicted molar refractivity (Wildman–Crippen MR) is 414 cm³/mol. The van der Waals surface area contributed by atoms with Crippen molar-refractivity contribution in [1.82, 2.24) is 0 Å². The van der Waals surface area contributed by atoms with Gasteiger partial charge in [0, 0.05) is 36.5 Å². The standard InChI is InChI=1S/C18H30O2.C17H28O2.C16H26O3.C15H24O3.2C13H18O4/c1-5-17(3,4)16(19)20-18(6-2)14-8-12-7-13(10-14)11-15(18)9-12;1-4-11(3)16(18)19-17(5-2)14-7-12-6-13(9-14)10-15(17)8-12;1-4-14(2,3)13(17)19-16-8-11-5-12(9-16)7-15(18,6-11)10-16;1-3-10(2)13(16)18-15-7-11-4-12(8-15)6-14(17,5-11)9-15;2*1-3-6(2)12(14)16-10-7-4-8-9(5-7)13(15)17-11(8)10/h12-15H,5-11H2,1-4H3;11-15H,4-10H2,1-3H3;11-12,18H,4-10H2,1-3H3;10-12,17H,3-9H2,1-2H3;2*6-11H,3-5H2,1-2H3. The van der Waals surface area contributed by atoms with E-state index in [-0.39, 0.29) is 135 Å². The number of aliphatic hydroxyl groups is 2. The second kappa shape index (κ2) is 31.9. The van der Waals surface area contributed by atoms with Crippen molar-refractivity contribution in [2.45, 2.75) is 387 Å². The number of esters is 8. The van der Waals surface area contributed by atoms with Crippen molar-refractivity contribution >= 4 is 47.8 Å². The molecule has 0 radical (unpaired) electrons. The van der Waals surface area contributed by atoms with Crippen LogP contribution >= 0.6 is 0 Å². The molecule has 18 heteroatoms. The van der Waals surface area contributed by atoms with Gasteiger partial charge >= 0.3 is 47.8 Å². The number of hydrogen-bond acceptors (Lipinski definition) is 18. The zero-order valence-electron chi connectivity index (χ0n) is 70.5. The highest BCUT2D eigenvalue weighted by Crippen LogP contribution is 2.65. The number of fused-ring (bicyclic) bond motifs is 2. The third-order valence-electron chi connectivity index (χ3n) is 33.6. The van der Waals surface area contributed by atoms with Crippen LogP contribution in [0.15, 0.2) is 0 Å². The lowest BCUT2D eigenvalue weighted by atomic mass is 9.49. The van der Waals surface area contributed by atoms with Crippen LogP contribution in [0.3, 0.4) is 0 Å². The molecule has 0 aromatic heterocycles. The van der Waals surface area contributed by atoms with Gasteiger partial charge in [0.15, 0.2) is 0 Å². The van der Waals surface area contributed by atoms with Crippen LogP contribution in [0.4, 0.5) is 0 Å². The van der Waals surface area contributed by atoms with E-state index < -0.39 is 16.6 Å². The van der Waals surface area contributed by atoms with Crippen LogP contribution < -0.4 is 0 Å². The molecule has 2 saturated heterocycles. The first-order valence-corrected chi connectivity index (χ1v) is 45.1.